The molecule has 0 spiro atoms. The van der Waals surface area contributed by atoms with E-state index in [4.69, 9.17) is 0 Å². The lowest BCUT2D eigenvalue weighted by molar-refractivity contribution is -0.142. The zero-order valence-corrected chi connectivity index (χ0v) is 10.4. The molecule has 3 rings (SSSR count). The summed E-state index contributed by atoms with van der Waals surface area (Å²) in [6, 6.07) is -0.694. The van der Waals surface area contributed by atoms with Crippen molar-refractivity contribution >= 4 is 11.9 Å². The Morgan fingerprint density at radius 3 is 2.68 bits per heavy atom. The smallest absolute Gasteiger partial charge is 0.326 e. The Morgan fingerprint density at radius 1 is 1.26 bits per heavy atom. The lowest BCUT2D eigenvalue weighted by Gasteiger charge is -2.24. The van der Waals surface area contributed by atoms with Gasteiger partial charge in [-0.05, 0) is 24.7 Å². The molecule has 1 saturated heterocycles. The maximum atomic E-state index is 12.4. The van der Waals surface area contributed by atoms with Gasteiger partial charge in [0.25, 0.3) is 5.91 Å². The molecule has 2 heterocycles. The number of amides is 1. The molecule has 19 heavy (non-hydrogen) atoms. The van der Waals surface area contributed by atoms with E-state index in [1.165, 1.54) is 23.6 Å². The fourth-order valence-electron chi connectivity index (χ4n) is 3.41. The van der Waals surface area contributed by atoms with Gasteiger partial charge in [0.05, 0.1) is 5.56 Å². The largest absolute Gasteiger partial charge is 0.480 e. The zero-order valence-electron chi connectivity index (χ0n) is 10.4. The number of carbonyl (C=O) groups is 2. The van der Waals surface area contributed by atoms with Gasteiger partial charge < -0.3 is 10.0 Å². The van der Waals surface area contributed by atoms with E-state index in [2.05, 4.69) is 9.97 Å². The standard InChI is InChI=1S/C13H15N3O3/c17-12(9-4-14-7-15-5-9)16-6-8-2-1-3-10(8)11(16)13(18)19/h4-5,7-8,10-11H,1-3,6H2,(H,18,19). The van der Waals surface area contributed by atoms with E-state index >= 15 is 0 Å². The Hall–Kier alpha value is -1.98. The minimum absolute atomic E-state index is 0.103. The first-order valence-electron chi connectivity index (χ1n) is 6.47. The van der Waals surface area contributed by atoms with Crippen LogP contribution < -0.4 is 0 Å². The molecule has 2 aliphatic rings. The van der Waals surface area contributed by atoms with E-state index < -0.39 is 12.0 Å². The average molecular weight is 261 g/mol. The molecule has 3 unspecified atom stereocenters. The van der Waals surface area contributed by atoms with Crippen molar-refractivity contribution in [2.75, 3.05) is 6.54 Å². The van der Waals surface area contributed by atoms with Crippen LogP contribution >= 0.6 is 0 Å². The molecule has 0 aromatic carbocycles. The van der Waals surface area contributed by atoms with Crippen LogP contribution in [-0.4, -0.2) is 44.4 Å². The molecular formula is C13H15N3O3. The SMILES string of the molecule is O=C(O)C1C2CCCC2CN1C(=O)c1cncnc1. The van der Waals surface area contributed by atoms with Crippen LogP contribution in [0.4, 0.5) is 0 Å². The highest BCUT2D eigenvalue weighted by Gasteiger charge is 2.49. The second-order valence-corrected chi connectivity index (χ2v) is 5.22. The molecule has 1 aromatic heterocycles. The number of carboxylic acid groups (broad SMARTS) is 1. The normalized spacial score (nSPS) is 29.3. The monoisotopic (exact) mass is 261 g/mol. The van der Waals surface area contributed by atoms with Crippen molar-refractivity contribution in [1.29, 1.82) is 0 Å². The van der Waals surface area contributed by atoms with Crippen LogP contribution in [0, 0.1) is 11.8 Å². The molecule has 1 aliphatic heterocycles. The molecule has 2 fully saturated rings. The third-order valence-electron chi connectivity index (χ3n) is 4.21. The fraction of sp³-hybridized carbons (Fsp3) is 0.538. The number of likely N-dealkylation sites (tertiary alicyclic amines) is 1. The van der Waals surface area contributed by atoms with E-state index in [9.17, 15) is 14.7 Å². The van der Waals surface area contributed by atoms with Crippen LogP contribution in [0.2, 0.25) is 0 Å². The van der Waals surface area contributed by atoms with Crippen molar-refractivity contribution < 1.29 is 14.7 Å². The number of rotatable bonds is 2. The first-order chi connectivity index (χ1) is 9.18. The minimum atomic E-state index is -0.903. The van der Waals surface area contributed by atoms with Gasteiger partial charge in [-0.25, -0.2) is 14.8 Å². The van der Waals surface area contributed by atoms with Crippen molar-refractivity contribution in [2.45, 2.75) is 25.3 Å². The number of aromatic nitrogens is 2. The van der Waals surface area contributed by atoms with Gasteiger partial charge in [0.1, 0.15) is 12.4 Å². The molecule has 1 N–H and O–H groups in total. The molecule has 0 radical (unpaired) electrons. The Morgan fingerprint density at radius 2 is 2.00 bits per heavy atom. The number of hydrogen-bond acceptors (Lipinski definition) is 4. The molecule has 1 saturated carbocycles. The van der Waals surface area contributed by atoms with E-state index in [0.29, 0.717) is 18.0 Å². The summed E-state index contributed by atoms with van der Waals surface area (Å²) in [7, 11) is 0. The van der Waals surface area contributed by atoms with Crippen molar-refractivity contribution in [3.05, 3.63) is 24.3 Å². The van der Waals surface area contributed by atoms with E-state index in [1.54, 1.807) is 0 Å². The maximum Gasteiger partial charge on any atom is 0.326 e. The van der Waals surface area contributed by atoms with Gasteiger partial charge in [-0.2, -0.15) is 0 Å². The molecule has 6 heteroatoms. The quantitative estimate of drug-likeness (QED) is 0.851. The third-order valence-corrected chi connectivity index (χ3v) is 4.21. The molecule has 1 aliphatic carbocycles. The zero-order chi connectivity index (χ0) is 13.4. The summed E-state index contributed by atoms with van der Waals surface area (Å²) < 4.78 is 0. The van der Waals surface area contributed by atoms with Crippen LogP contribution in [0.3, 0.4) is 0 Å². The van der Waals surface area contributed by atoms with Crippen LogP contribution in [0.1, 0.15) is 29.6 Å². The Bertz CT molecular complexity index is 505. The summed E-state index contributed by atoms with van der Waals surface area (Å²) in [5.41, 5.74) is 0.355. The second-order valence-electron chi connectivity index (χ2n) is 5.22. The van der Waals surface area contributed by atoms with Crippen molar-refractivity contribution in [3.63, 3.8) is 0 Å². The highest BCUT2D eigenvalue weighted by atomic mass is 16.4. The number of fused-ring (bicyclic) bond motifs is 1. The van der Waals surface area contributed by atoms with Crippen molar-refractivity contribution in [3.8, 4) is 0 Å². The number of carbonyl (C=O) groups excluding carboxylic acids is 1. The summed E-state index contributed by atoms with van der Waals surface area (Å²) >= 11 is 0. The van der Waals surface area contributed by atoms with Crippen molar-refractivity contribution in [2.24, 2.45) is 11.8 Å². The summed E-state index contributed by atoms with van der Waals surface area (Å²) in [4.78, 5) is 32.9. The van der Waals surface area contributed by atoms with Crippen LogP contribution in [0.25, 0.3) is 0 Å². The average Bonchev–Trinajstić information content (AvgIpc) is 2.98. The van der Waals surface area contributed by atoms with Crippen LogP contribution in [0.5, 0.6) is 0 Å². The molecule has 3 atom stereocenters. The second kappa shape index (κ2) is 4.60. The van der Waals surface area contributed by atoms with Gasteiger partial charge in [-0.15, -0.1) is 0 Å². The van der Waals surface area contributed by atoms with Gasteiger partial charge in [0, 0.05) is 18.9 Å². The van der Waals surface area contributed by atoms with Crippen LogP contribution in [-0.2, 0) is 4.79 Å². The van der Waals surface area contributed by atoms with E-state index in [0.717, 1.165) is 19.3 Å². The topological polar surface area (TPSA) is 83.4 Å². The Kier molecular flexibility index (Phi) is 2.93. The Balaban J connectivity index is 1.88. The summed E-state index contributed by atoms with van der Waals surface area (Å²) in [6.45, 7) is 0.537. The van der Waals surface area contributed by atoms with Gasteiger partial charge in [-0.1, -0.05) is 6.42 Å². The van der Waals surface area contributed by atoms with E-state index in [-0.39, 0.29) is 11.8 Å². The predicted molar refractivity (Wildman–Crippen MR) is 65.3 cm³/mol. The van der Waals surface area contributed by atoms with Crippen LogP contribution in [0.15, 0.2) is 18.7 Å². The highest BCUT2D eigenvalue weighted by molar-refractivity contribution is 5.96. The molecule has 1 amide bonds. The number of aliphatic carboxylic acids is 1. The first-order valence-corrected chi connectivity index (χ1v) is 6.47. The highest BCUT2D eigenvalue weighted by Crippen LogP contribution is 2.42. The number of carboxylic acids is 1. The summed E-state index contributed by atoms with van der Waals surface area (Å²) in [6.07, 6.45) is 7.20. The van der Waals surface area contributed by atoms with Gasteiger partial charge in [-0.3, -0.25) is 4.79 Å². The van der Waals surface area contributed by atoms with E-state index in [1.807, 2.05) is 0 Å². The molecule has 0 bridgehead atoms. The molecule has 1 aromatic rings. The molecule has 6 nitrogen and oxygen atoms in total. The van der Waals surface area contributed by atoms with Crippen molar-refractivity contribution in [1.82, 2.24) is 14.9 Å². The first kappa shape index (κ1) is 12.1. The summed E-state index contributed by atoms with van der Waals surface area (Å²) in [5.74, 6) is -0.747. The predicted octanol–water partition coefficient (Wildman–Crippen LogP) is 0.802. The Labute approximate surface area is 110 Å². The lowest BCUT2D eigenvalue weighted by Crippen LogP contribution is -2.43. The van der Waals surface area contributed by atoms with Gasteiger partial charge >= 0.3 is 5.97 Å². The summed E-state index contributed by atoms with van der Waals surface area (Å²) in [5, 5.41) is 9.40. The molecule has 100 valence electrons. The van der Waals surface area contributed by atoms with Gasteiger partial charge in [0.2, 0.25) is 0 Å². The maximum absolute atomic E-state index is 12.4. The van der Waals surface area contributed by atoms with Gasteiger partial charge in [0.15, 0.2) is 0 Å². The number of hydrogen-bond donors (Lipinski definition) is 1. The third kappa shape index (κ3) is 1.97. The number of nitrogens with zero attached hydrogens (tertiary/aromatic N) is 3. The minimum Gasteiger partial charge on any atom is -0.480 e. The fourth-order valence-corrected chi connectivity index (χ4v) is 3.41. The molecular weight excluding hydrogens is 246 g/mol. The lowest BCUT2D eigenvalue weighted by atomic mass is 9.94.